The molecule has 0 aliphatic heterocycles. The maximum absolute atomic E-state index is 5.29. The Morgan fingerprint density at radius 2 is 2.25 bits per heavy atom. The smallest absolute Gasteiger partial charge is 0.246 e. The van der Waals surface area contributed by atoms with E-state index in [2.05, 4.69) is 52.3 Å². The van der Waals surface area contributed by atoms with Gasteiger partial charge in [0.05, 0.1) is 0 Å². The SMILES string of the molecule is CNC(c1ccn(Cc2nc(C(C)C)no2)c1)C1CC1. The summed E-state index contributed by atoms with van der Waals surface area (Å²) in [5, 5.41) is 7.41. The zero-order valence-corrected chi connectivity index (χ0v) is 12.3. The first-order valence-corrected chi connectivity index (χ1v) is 7.32. The fraction of sp³-hybridized carbons (Fsp3) is 0.600. The minimum atomic E-state index is 0.302. The molecule has 0 bridgehead atoms. The summed E-state index contributed by atoms with van der Waals surface area (Å²) < 4.78 is 7.40. The first-order valence-electron chi connectivity index (χ1n) is 7.32. The Morgan fingerprint density at radius 1 is 1.45 bits per heavy atom. The van der Waals surface area contributed by atoms with E-state index in [9.17, 15) is 0 Å². The fourth-order valence-corrected chi connectivity index (χ4v) is 2.57. The molecule has 108 valence electrons. The topological polar surface area (TPSA) is 55.9 Å². The van der Waals surface area contributed by atoms with Crippen LogP contribution >= 0.6 is 0 Å². The van der Waals surface area contributed by atoms with Crippen molar-refractivity contribution in [1.82, 2.24) is 20.0 Å². The van der Waals surface area contributed by atoms with Crippen LogP contribution in [0.3, 0.4) is 0 Å². The minimum absolute atomic E-state index is 0.302. The molecule has 2 aromatic rings. The van der Waals surface area contributed by atoms with Crippen molar-refractivity contribution in [2.45, 2.75) is 45.2 Å². The van der Waals surface area contributed by atoms with E-state index in [0.29, 0.717) is 24.4 Å². The maximum Gasteiger partial charge on any atom is 0.246 e. The molecule has 1 unspecified atom stereocenters. The van der Waals surface area contributed by atoms with Crippen molar-refractivity contribution in [2.24, 2.45) is 5.92 Å². The summed E-state index contributed by atoms with van der Waals surface area (Å²) >= 11 is 0. The fourth-order valence-electron chi connectivity index (χ4n) is 2.57. The van der Waals surface area contributed by atoms with E-state index in [1.165, 1.54) is 18.4 Å². The first kappa shape index (κ1) is 13.4. The van der Waals surface area contributed by atoms with Crippen molar-refractivity contribution in [3.8, 4) is 0 Å². The van der Waals surface area contributed by atoms with Gasteiger partial charge in [-0.3, -0.25) is 0 Å². The molecule has 1 fully saturated rings. The van der Waals surface area contributed by atoms with Crippen molar-refractivity contribution in [1.29, 1.82) is 0 Å². The van der Waals surface area contributed by atoms with Gasteiger partial charge < -0.3 is 14.4 Å². The van der Waals surface area contributed by atoms with Crippen LogP contribution in [-0.2, 0) is 6.54 Å². The van der Waals surface area contributed by atoms with Gasteiger partial charge in [0.1, 0.15) is 6.54 Å². The van der Waals surface area contributed by atoms with E-state index in [4.69, 9.17) is 4.52 Å². The molecule has 5 heteroatoms. The lowest BCUT2D eigenvalue weighted by atomic mass is 10.1. The van der Waals surface area contributed by atoms with Gasteiger partial charge in [-0.25, -0.2) is 0 Å². The molecule has 20 heavy (non-hydrogen) atoms. The number of nitrogens with zero attached hydrogens (tertiary/aromatic N) is 3. The van der Waals surface area contributed by atoms with Crippen LogP contribution in [0.2, 0.25) is 0 Å². The van der Waals surface area contributed by atoms with Crippen molar-refractivity contribution >= 4 is 0 Å². The Bertz CT molecular complexity index is 568. The Balaban J connectivity index is 1.69. The summed E-state index contributed by atoms with van der Waals surface area (Å²) in [6, 6.07) is 2.66. The third-order valence-corrected chi connectivity index (χ3v) is 3.85. The van der Waals surface area contributed by atoms with Gasteiger partial charge in [-0.15, -0.1) is 0 Å². The van der Waals surface area contributed by atoms with E-state index in [1.807, 2.05) is 7.05 Å². The van der Waals surface area contributed by atoms with Crippen LogP contribution in [0.4, 0.5) is 0 Å². The molecule has 0 radical (unpaired) electrons. The van der Waals surface area contributed by atoms with Crippen LogP contribution < -0.4 is 5.32 Å². The highest BCUT2D eigenvalue weighted by molar-refractivity contribution is 5.18. The molecule has 1 saturated carbocycles. The first-order chi connectivity index (χ1) is 9.67. The molecule has 0 amide bonds. The summed E-state index contributed by atoms with van der Waals surface area (Å²) in [7, 11) is 2.03. The predicted octanol–water partition coefficient (Wildman–Crippen LogP) is 2.71. The third-order valence-electron chi connectivity index (χ3n) is 3.85. The van der Waals surface area contributed by atoms with E-state index < -0.39 is 0 Å². The number of aromatic nitrogens is 3. The number of nitrogens with one attached hydrogen (secondary N) is 1. The Hall–Kier alpha value is -1.62. The minimum Gasteiger partial charge on any atom is -0.345 e. The van der Waals surface area contributed by atoms with E-state index in [1.54, 1.807) is 0 Å². The molecule has 2 aromatic heterocycles. The maximum atomic E-state index is 5.29. The molecule has 1 aliphatic carbocycles. The normalized spacial score (nSPS) is 16.8. The van der Waals surface area contributed by atoms with Crippen LogP contribution in [0.1, 0.15) is 55.9 Å². The molecular weight excluding hydrogens is 252 g/mol. The van der Waals surface area contributed by atoms with Crippen molar-refractivity contribution in [2.75, 3.05) is 7.05 Å². The highest BCUT2D eigenvalue weighted by Gasteiger charge is 2.31. The Labute approximate surface area is 119 Å². The van der Waals surface area contributed by atoms with Gasteiger partial charge >= 0.3 is 0 Å². The molecule has 2 heterocycles. The van der Waals surface area contributed by atoms with Gasteiger partial charge in [0, 0.05) is 24.4 Å². The van der Waals surface area contributed by atoms with Gasteiger partial charge in [0.15, 0.2) is 5.82 Å². The standard InChI is InChI=1S/C15H22N4O/c1-10(2)15-17-13(20-18-15)9-19-7-6-12(8-19)14(16-3)11-4-5-11/h6-8,10-11,14,16H,4-5,9H2,1-3H3. The van der Waals surface area contributed by atoms with E-state index >= 15 is 0 Å². The monoisotopic (exact) mass is 274 g/mol. The second-order valence-corrected chi connectivity index (χ2v) is 5.92. The zero-order chi connectivity index (χ0) is 14.1. The molecule has 0 aromatic carbocycles. The van der Waals surface area contributed by atoms with E-state index in [0.717, 1.165) is 11.7 Å². The predicted molar refractivity (Wildman–Crippen MR) is 76.4 cm³/mol. The number of rotatable bonds is 6. The second kappa shape index (κ2) is 5.40. The summed E-state index contributed by atoms with van der Waals surface area (Å²) in [4.78, 5) is 4.41. The lowest BCUT2D eigenvalue weighted by Gasteiger charge is -2.13. The molecule has 1 aliphatic rings. The van der Waals surface area contributed by atoms with Crippen molar-refractivity contribution < 1.29 is 4.52 Å². The largest absolute Gasteiger partial charge is 0.345 e. The van der Waals surface area contributed by atoms with Gasteiger partial charge in [0.25, 0.3) is 0 Å². The quantitative estimate of drug-likeness (QED) is 0.880. The molecule has 3 rings (SSSR count). The van der Waals surface area contributed by atoms with Crippen LogP contribution in [0.25, 0.3) is 0 Å². The lowest BCUT2D eigenvalue weighted by Crippen LogP contribution is -2.17. The Morgan fingerprint density at radius 3 is 2.85 bits per heavy atom. The summed E-state index contributed by atoms with van der Waals surface area (Å²) in [6.45, 7) is 4.77. The van der Waals surface area contributed by atoms with Crippen LogP contribution in [0.15, 0.2) is 23.0 Å². The van der Waals surface area contributed by atoms with Crippen LogP contribution in [0, 0.1) is 5.92 Å². The highest BCUT2D eigenvalue weighted by Crippen LogP contribution is 2.40. The highest BCUT2D eigenvalue weighted by atomic mass is 16.5. The third kappa shape index (κ3) is 2.77. The van der Waals surface area contributed by atoms with E-state index in [-0.39, 0.29) is 0 Å². The van der Waals surface area contributed by atoms with Gasteiger partial charge in [-0.2, -0.15) is 4.98 Å². The average molecular weight is 274 g/mol. The summed E-state index contributed by atoms with van der Waals surface area (Å²) in [5.74, 6) is 2.55. The number of hydrogen-bond donors (Lipinski definition) is 1. The lowest BCUT2D eigenvalue weighted by molar-refractivity contribution is 0.364. The molecule has 1 N–H and O–H groups in total. The molecular formula is C15H22N4O. The zero-order valence-electron chi connectivity index (χ0n) is 12.3. The second-order valence-electron chi connectivity index (χ2n) is 5.92. The molecule has 0 spiro atoms. The molecule has 1 atom stereocenters. The average Bonchev–Trinajstić information content (AvgIpc) is 2.97. The van der Waals surface area contributed by atoms with Crippen LogP contribution in [0.5, 0.6) is 0 Å². The number of hydrogen-bond acceptors (Lipinski definition) is 4. The van der Waals surface area contributed by atoms with Crippen molar-refractivity contribution in [3.05, 3.63) is 35.7 Å². The summed E-state index contributed by atoms with van der Waals surface area (Å²) in [5.41, 5.74) is 1.35. The van der Waals surface area contributed by atoms with Gasteiger partial charge in [-0.05, 0) is 37.4 Å². The molecule has 0 saturated heterocycles. The van der Waals surface area contributed by atoms with Gasteiger partial charge in [-0.1, -0.05) is 19.0 Å². The van der Waals surface area contributed by atoms with Crippen molar-refractivity contribution in [3.63, 3.8) is 0 Å². The molecule has 5 nitrogen and oxygen atoms in total. The summed E-state index contributed by atoms with van der Waals surface area (Å²) in [6.07, 6.45) is 6.93. The Kier molecular flexibility index (Phi) is 3.61. The van der Waals surface area contributed by atoms with Gasteiger partial charge in [0.2, 0.25) is 5.89 Å². The van der Waals surface area contributed by atoms with Crippen LogP contribution in [-0.4, -0.2) is 21.8 Å².